The summed E-state index contributed by atoms with van der Waals surface area (Å²) in [6.07, 6.45) is 1.51. The van der Waals surface area contributed by atoms with E-state index in [1.54, 1.807) is 6.07 Å². The fraction of sp³-hybridized carbons (Fsp3) is 0. The number of aromatic carboxylic acids is 1. The molecule has 0 radical (unpaired) electrons. The molecule has 4 nitrogen and oxygen atoms in total. The van der Waals surface area contributed by atoms with Crippen molar-refractivity contribution >= 4 is 46.6 Å². The molecule has 0 saturated heterocycles. The van der Waals surface area contributed by atoms with Crippen LogP contribution in [0.4, 0.5) is 0 Å². The van der Waals surface area contributed by atoms with Crippen molar-refractivity contribution < 1.29 is 14.3 Å². The molecule has 5 heteroatoms. The van der Waals surface area contributed by atoms with Gasteiger partial charge in [-0.15, -0.1) is 0 Å². The SMILES string of the molecule is O=C(O)c1cc2occc2[nH]1.[NaH]. The van der Waals surface area contributed by atoms with Crippen LogP contribution in [0.5, 0.6) is 0 Å². The molecule has 0 amide bonds. The van der Waals surface area contributed by atoms with Crippen LogP contribution in [0.3, 0.4) is 0 Å². The summed E-state index contributed by atoms with van der Waals surface area (Å²) in [6.45, 7) is 0. The fourth-order valence-electron chi connectivity index (χ4n) is 0.963. The maximum atomic E-state index is 10.4. The van der Waals surface area contributed by atoms with Crippen molar-refractivity contribution in [1.29, 1.82) is 0 Å². The van der Waals surface area contributed by atoms with Crippen LogP contribution >= 0.6 is 0 Å². The zero-order chi connectivity index (χ0) is 7.84. The van der Waals surface area contributed by atoms with Gasteiger partial charge in [0.25, 0.3) is 0 Å². The Hall–Kier alpha value is -0.710. The summed E-state index contributed by atoms with van der Waals surface area (Å²) in [5.74, 6) is -0.976. The summed E-state index contributed by atoms with van der Waals surface area (Å²) < 4.78 is 4.95. The van der Waals surface area contributed by atoms with Gasteiger partial charge in [0.15, 0.2) is 5.58 Å². The number of carboxylic acids is 1. The number of furan rings is 1. The van der Waals surface area contributed by atoms with E-state index in [0.29, 0.717) is 11.1 Å². The van der Waals surface area contributed by atoms with Crippen LogP contribution in [0.25, 0.3) is 11.1 Å². The number of carboxylic acid groups (broad SMARTS) is 1. The zero-order valence-electron chi connectivity index (χ0n) is 5.50. The molecule has 0 aliphatic heterocycles. The van der Waals surface area contributed by atoms with Gasteiger partial charge in [-0.25, -0.2) is 4.79 Å². The van der Waals surface area contributed by atoms with Gasteiger partial charge in [-0.05, 0) is 0 Å². The van der Waals surface area contributed by atoms with Crippen molar-refractivity contribution in [2.45, 2.75) is 0 Å². The first kappa shape index (κ1) is 9.38. The monoisotopic (exact) mass is 175 g/mol. The summed E-state index contributed by atoms with van der Waals surface area (Å²) in [4.78, 5) is 13.1. The molecular formula is C7H6NNaO3. The molecule has 0 aromatic carbocycles. The molecule has 0 aliphatic carbocycles. The molecule has 2 heterocycles. The molecule has 0 fully saturated rings. The topological polar surface area (TPSA) is 66.2 Å². The maximum absolute atomic E-state index is 10.4. The van der Waals surface area contributed by atoms with Gasteiger partial charge in [0, 0.05) is 12.1 Å². The first-order valence-corrected chi connectivity index (χ1v) is 3.07. The summed E-state index contributed by atoms with van der Waals surface area (Å²) in [5.41, 5.74) is 1.43. The molecule has 12 heavy (non-hydrogen) atoms. The van der Waals surface area contributed by atoms with E-state index in [4.69, 9.17) is 9.52 Å². The van der Waals surface area contributed by atoms with E-state index < -0.39 is 5.97 Å². The van der Waals surface area contributed by atoms with Crippen LogP contribution in [-0.2, 0) is 0 Å². The second-order valence-corrected chi connectivity index (χ2v) is 2.19. The third-order valence-electron chi connectivity index (χ3n) is 1.47. The van der Waals surface area contributed by atoms with Crippen LogP contribution in [0.15, 0.2) is 22.8 Å². The van der Waals surface area contributed by atoms with Crippen LogP contribution < -0.4 is 0 Å². The Morgan fingerprint density at radius 2 is 2.33 bits per heavy atom. The Bertz CT molecular complexity index is 375. The predicted octanol–water partition coefficient (Wildman–Crippen LogP) is 0.811. The van der Waals surface area contributed by atoms with Gasteiger partial charge in [0.05, 0.1) is 11.8 Å². The third kappa shape index (κ3) is 1.41. The van der Waals surface area contributed by atoms with Gasteiger partial charge in [-0.3, -0.25) is 0 Å². The second kappa shape index (κ2) is 3.35. The van der Waals surface area contributed by atoms with Crippen molar-refractivity contribution in [3.8, 4) is 0 Å². The second-order valence-electron chi connectivity index (χ2n) is 2.19. The van der Waals surface area contributed by atoms with E-state index >= 15 is 0 Å². The van der Waals surface area contributed by atoms with Gasteiger partial charge in [-0.1, -0.05) is 0 Å². The van der Waals surface area contributed by atoms with Crippen molar-refractivity contribution in [1.82, 2.24) is 4.98 Å². The van der Waals surface area contributed by atoms with Gasteiger partial charge in [0.2, 0.25) is 0 Å². The van der Waals surface area contributed by atoms with Gasteiger partial charge < -0.3 is 14.5 Å². The van der Waals surface area contributed by atoms with Gasteiger partial charge in [-0.2, -0.15) is 0 Å². The predicted molar refractivity (Wildman–Crippen MR) is 44.7 cm³/mol. The Kier molecular flexibility index (Phi) is 2.62. The molecule has 0 unspecified atom stereocenters. The summed E-state index contributed by atoms with van der Waals surface area (Å²) in [5, 5.41) is 8.53. The van der Waals surface area contributed by atoms with Crippen molar-refractivity contribution in [2.24, 2.45) is 0 Å². The average Bonchev–Trinajstić information content (AvgIpc) is 2.40. The Morgan fingerprint density at radius 1 is 1.58 bits per heavy atom. The standard InChI is InChI=1S/C7H5NO3.Na.H/c9-7(10)5-3-6-4(8-5)1-2-11-6;;/h1-3,8H,(H,9,10);;. The molecule has 0 spiro atoms. The average molecular weight is 175 g/mol. The number of hydrogen-bond acceptors (Lipinski definition) is 2. The number of rotatable bonds is 1. The minimum absolute atomic E-state index is 0. The molecule has 0 aliphatic rings. The molecule has 2 N–H and O–H groups in total. The Labute approximate surface area is 89.9 Å². The van der Waals surface area contributed by atoms with E-state index in [1.807, 2.05) is 0 Å². The summed E-state index contributed by atoms with van der Waals surface area (Å²) in [6, 6.07) is 3.14. The van der Waals surface area contributed by atoms with Crippen LogP contribution in [0, 0.1) is 0 Å². The molecular weight excluding hydrogens is 169 g/mol. The van der Waals surface area contributed by atoms with Crippen LogP contribution in [0.1, 0.15) is 10.5 Å². The zero-order valence-corrected chi connectivity index (χ0v) is 5.50. The molecule has 0 saturated carbocycles. The number of H-pyrrole nitrogens is 1. The Balaban J connectivity index is 0.000000720. The van der Waals surface area contributed by atoms with Crippen LogP contribution in [-0.4, -0.2) is 45.6 Å². The van der Waals surface area contributed by atoms with Crippen molar-refractivity contribution in [3.05, 3.63) is 24.1 Å². The normalized spacial score (nSPS) is 9.67. The molecule has 2 rings (SSSR count). The van der Waals surface area contributed by atoms with Crippen molar-refractivity contribution in [3.63, 3.8) is 0 Å². The van der Waals surface area contributed by atoms with E-state index in [2.05, 4.69) is 4.98 Å². The number of aromatic amines is 1. The first-order valence-electron chi connectivity index (χ1n) is 3.07. The van der Waals surface area contributed by atoms with E-state index in [9.17, 15) is 4.79 Å². The number of nitrogens with one attached hydrogen (secondary N) is 1. The summed E-state index contributed by atoms with van der Waals surface area (Å²) in [7, 11) is 0. The molecule has 2 aromatic heterocycles. The molecule has 2 aromatic rings. The quantitative estimate of drug-likeness (QED) is 0.630. The van der Waals surface area contributed by atoms with E-state index in [1.165, 1.54) is 12.3 Å². The molecule has 0 bridgehead atoms. The number of carbonyl (C=O) groups is 1. The number of hydrogen-bond donors (Lipinski definition) is 2. The van der Waals surface area contributed by atoms with Gasteiger partial charge in [0.1, 0.15) is 5.69 Å². The number of fused-ring (bicyclic) bond motifs is 1. The molecule has 0 atom stereocenters. The third-order valence-corrected chi connectivity index (χ3v) is 1.47. The van der Waals surface area contributed by atoms with Crippen molar-refractivity contribution in [2.75, 3.05) is 0 Å². The van der Waals surface area contributed by atoms with E-state index in [-0.39, 0.29) is 35.3 Å². The van der Waals surface area contributed by atoms with Crippen LogP contribution in [0.2, 0.25) is 0 Å². The summed E-state index contributed by atoms with van der Waals surface area (Å²) >= 11 is 0. The first-order chi connectivity index (χ1) is 5.27. The fourth-order valence-corrected chi connectivity index (χ4v) is 0.963. The molecule has 58 valence electrons. The number of aromatic nitrogens is 1. The Morgan fingerprint density at radius 3 is 2.92 bits per heavy atom. The van der Waals surface area contributed by atoms with E-state index in [0.717, 1.165) is 0 Å². The van der Waals surface area contributed by atoms with Gasteiger partial charge >= 0.3 is 35.5 Å². The minimum atomic E-state index is -0.976.